The van der Waals surface area contributed by atoms with Crippen molar-refractivity contribution in [3.63, 3.8) is 0 Å². The highest BCUT2D eigenvalue weighted by Crippen LogP contribution is 2.21. The molecular formula is C18H19N3OS. The number of benzene rings is 1. The summed E-state index contributed by atoms with van der Waals surface area (Å²) in [5.74, 6) is -0.00893. The molecule has 0 unspecified atom stereocenters. The van der Waals surface area contributed by atoms with Crippen LogP contribution in [-0.2, 0) is 6.54 Å². The Morgan fingerprint density at radius 3 is 3.00 bits per heavy atom. The van der Waals surface area contributed by atoms with E-state index >= 15 is 0 Å². The second kappa shape index (κ2) is 7.85. The van der Waals surface area contributed by atoms with E-state index in [0.29, 0.717) is 6.54 Å². The number of hydrogen-bond acceptors (Lipinski definition) is 4. The van der Waals surface area contributed by atoms with E-state index < -0.39 is 0 Å². The van der Waals surface area contributed by atoms with Crippen LogP contribution in [-0.4, -0.2) is 24.0 Å². The van der Waals surface area contributed by atoms with Crippen LogP contribution in [0, 0.1) is 0 Å². The van der Waals surface area contributed by atoms with E-state index in [2.05, 4.69) is 15.6 Å². The zero-order chi connectivity index (χ0) is 15.9. The van der Waals surface area contributed by atoms with Gasteiger partial charge in [0.25, 0.3) is 5.91 Å². The summed E-state index contributed by atoms with van der Waals surface area (Å²) in [6.07, 6.45) is 4.52. The molecule has 0 saturated carbocycles. The molecule has 0 fully saturated rings. The van der Waals surface area contributed by atoms with Gasteiger partial charge in [0.1, 0.15) is 0 Å². The summed E-state index contributed by atoms with van der Waals surface area (Å²) in [4.78, 5) is 16.2. The molecule has 1 aromatic carbocycles. The third-order valence-electron chi connectivity index (χ3n) is 3.58. The highest BCUT2D eigenvalue weighted by molar-refractivity contribution is 7.17. The van der Waals surface area contributed by atoms with Gasteiger partial charge in [-0.25, -0.2) is 0 Å². The van der Waals surface area contributed by atoms with Crippen LogP contribution in [0.2, 0.25) is 0 Å². The number of pyridine rings is 1. The van der Waals surface area contributed by atoms with Crippen LogP contribution in [0.5, 0.6) is 0 Å². The first-order valence-corrected chi connectivity index (χ1v) is 8.56. The number of amides is 1. The van der Waals surface area contributed by atoms with E-state index in [1.54, 1.807) is 17.5 Å². The number of fused-ring (bicyclic) bond motifs is 1. The Morgan fingerprint density at radius 1 is 1.17 bits per heavy atom. The topological polar surface area (TPSA) is 54.0 Å². The van der Waals surface area contributed by atoms with Crippen LogP contribution in [0.3, 0.4) is 0 Å². The number of hydrogen-bond donors (Lipinski definition) is 2. The van der Waals surface area contributed by atoms with Gasteiger partial charge >= 0.3 is 0 Å². The molecule has 3 aromatic rings. The van der Waals surface area contributed by atoms with E-state index in [1.165, 1.54) is 10.3 Å². The summed E-state index contributed by atoms with van der Waals surface area (Å²) in [6.45, 7) is 2.33. The molecule has 0 bridgehead atoms. The lowest BCUT2D eigenvalue weighted by molar-refractivity contribution is 0.0953. The van der Waals surface area contributed by atoms with Crippen molar-refractivity contribution in [3.05, 3.63) is 65.3 Å². The number of nitrogens with one attached hydrogen (secondary N) is 2. The molecule has 5 heteroatoms. The van der Waals surface area contributed by atoms with E-state index in [1.807, 2.05) is 48.0 Å². The van der Waals surface area contributed by atoms with Crippen LogP contribution in [0.1, 0.15) is 22.3 Å². The Morgan fingerprint density at radius 2 is 2.13 bits per heavy atom. The number of carbonyl (C=O) groups excluding carboxylic acids is 1. The van der Waals surface area contributed by atoms with Gasteiger partial charge < -0.3 is 10.6 Å². The minimum absolute atomic E-state index is 0.00893. The number of aromatic nitrogens is 1. The molecule has 0 radical (unpaired) electrons. The van der Waals surface area contributed by atoms with Crippen LogP contribution in [0.4, 0.5) is 0 Å². The smallest absolute Gasteiger partial charge is 0.251 e. The maximum Gasteiger partial charge on any atom is 0.251 e. The van der Waals surface area contributed by atoms with Crippen molar-refractivity contribution >= 4 is 27.3 Å². The molecule has 3 rings (SSSR count). The minimum Gasteiger partial charge on any atom is -0.352 e. The standard InChI is InChI=1S/C18H19N3OS/c22-18(16-4-5-17-15(11-16)6-10-23-17)21-9-2-8-20-13-14-3-1-7-19-12-14/h1,3-7,10-12,20H,2,8-9,13H2,(H,21,22). The highest BCUT2D eigenvalue weighted by Gasteiger charge is 2.06. The average Bonchev–Trinajstić information content (AvgIpc) is 3.06. The van der Waals surface area contributed by atoms with Crippen LogP contribution >= 0.6 is 11.3 Å². The molecule has 0 aliphatic heterocycles. The fraction of sp³-hybridized carbons (Fsp3) is 0.222. The lowest BCUT2D eigenvalue weighted by Crippen LogP contribution is -2.27. The lowest BCUT2D eigenvalue weighted by Gasteiger charge is -2.07. The zero-order valence-corrected chi connectivity index (χ0v) is 13.6. The van der Waals surface area contributed by atoms with Crippen LogP contribution in [0.25, 0.3) is 10.1 Å². The Labute approximate surface area is 139 Å². The fourth-order valence-electron chi connectivity index (χ4n) is 2.36. The van der Waals surface area contributed by atoms with Gasteiger partial charge in [-0.05, 0) is 59.6 Å². The maximum atomic E-state index is 12.1. The van der Waals surface area contributed by atoms with E-state index in [4.69, 9.17) is 0 Å². The van der Waals surface area contributed by atoms with Crippen molar-refractivity contribution in [2.45, 2.75) is 13.0 Å². The Kier molecular flexibility index (Phi) is 5.34. The molecule has 0 spiro atoms. The molecule has 2 aromatic heterocycles. The van der Waals surface area contributed by atoms with Crippen molar-refractivity contribution < 1.29 is 4.79 Å². The van der Waals surface area contributed by atoms with Crippen molar-refractivity contribution in [2.24, 2.45) is 0 Å². The molecule has 4 nitrogen and oxygen atoms in total. The molecule has 0 saturated heterocycles. The predicted octanol–water partition coefficient (Wildman–Crippen LogP) is 3.21. The SMILES string of the molecule is O=C(NCCCNCc1cccnc1)c1ccc2sccc2c1. The van der Waals surface area contributed by atoms with Gasteiger partial charge in [-0.1, -0.05) is 6.07 Å². The van der Waals surface area contributed by atoms with Crippen LogP contribution in [0.15, 0.2) is 54.2 Å². The van der Waals surface area contributed by atoms with Gasteiger partial charge in [-0.15, -0.1) is 11.3 Å². The minimum atomic E-state index is -0.00893. The fourth-order valence-corrected chi connectivity index (χ4v) is 3.13. The molecule has 0 aliphatic rings. The normalized spacial score (nSPS) is 10.8. The summed E-state index contributed by atoms with van der Waals surface area (Å²) in [7, 11) is 0. The molecule has 23 heavy (non-hydrogen) atoms. The third kappa shape index (κ3) is 4.37. The van der Waals surface area contributed by atoms with Crippen molar-refractivity contribution in [2.75, 3.05) is 13.1 Å². The lowest BCUT2D eigenvalue weighted by atomic mass is 10.1. The molecule has 0 aliphatic carbocycles. The third-order valence-corrected chi connectivity index (χ3v) is 4.48. The van der Waals surface area contributed by atoms with Gasteiger partial charge in [0.2, 0.25) is 0 Å². The van der Waals surface area contributed by atoms with E-state index in [0.717, 1.165) is 30.5 Å². The Balaban J connectivity index is 1.37. The summed E-state index contributed by atoms with van der Waals surface area (Å²) >= 11 is 1.69. The van der Waals surface area contributed by atoms with Gasteiger partial charge in [-0.3, -0.25) is 9.78 Å². The summed E-state index contributed by atoms with van der Waals surface area (Å²) in [6, 6.07) is 11.9. The second-order valence-electron chi connectivity index (χ2n) is 5.32. The number of rotatable bonds is 7. The van der Waals surface area contributed by atoms with E-state index in [9.17, 15) is 4.79 Å². The summed E-state index contributed by atoms with van der Waals surface area (Å²) in [5.41, 5.74) is 1.89. The number of thiophene rings is 1. The average molecular weight is 325 g/mol. The predicted molar refractivity (Wildman–Crippen MR) is 94.7 cm³/mol. The summed E-state index contributed by atoms with van der Waals surface area (Å²) < 4.78 is 1.21. The second-order valence-corrected chi connectivity index (χ2v) is 6.27. The van der Waals surface area contributed by atoms with Gasteiger partial charge in [0.15, 0.2) is 0 Å². The van der Waals surface area contributed by atoms with Crippen LogP contribution < -0.4 is 10.6 Å². The maximum absolute atomic E-state index is 12.1. The molecule has 118 valence electrons. The van der Waals surface area contributed by atoms with Gasteiger partial charge in [0, 0.05) is 35.7 Å². The molecule has 2 N–H and O–H groups in total. The molecule has 2 heterocycles. The highest BCUT2D eigenvalue weighted by atomic mass is 32.1. The molecule has 1 amide bonds. The van der Waals surface area contributed by atoms with Gasteiger partial charge in [-0.2, -0.15) is 0 Å². The molecule has 0 atom stereocenters. The van der Waals surface area contributed by atoms with Gasteiger partial charge in [0.05, 0.1) is 0 Å². The first-order chi connectivity index (χ1) is 11.3. The Hall–Kier alpha value is -2.24. The first-order valence-electron chi connectivity index (χ1n) is 7.68. The molecular weight excluding hydrogens is 306 g/mol. The number of carbonyl (C=O) groups is 1. The number of nitrogens with zero attached hydrogens (tertiary/aromatic N) is 1. The van der Waals surface area contributed by atoms with Crippen molar-refractivity contribution in [3.8, 4) is 0 Å². The first kappa shape index (κ1) is 15.6. The summed E-state index contributed by atoms with van der Waals surface area (Å²) in [5, 5.41) is 9.48. The Bertz CT molecular complexity index is 770. The largest absolute Gasteiger partial charge is 0.352 e. The monoisotopic (exact) mass is 325 g/mol. The van der Waals surface area contributed by atoms with Crippen molar-refractivity contribution in [1.29, 1.82) is 0 Å². The van der Waals surface area contributed by atoms with E-state index in [-0.39, 0.29) is 5.91 Å². The van der Waals surface area contributed by atoms with Crippen molar-refractivity contribution in [1.82, 2.24) is 15.6 Å². The quantitative estimate of drug-likeness (QED) is 0.656. The zero-order valence-electron chi connectivity index (χ0n) is 12.8.